The number of hydrogen-bond acceptors (Lipinski definition) is 4. The van der Waals surface area contributed by atoms with Crippen molar-refractivity contribution in [3.8, 4) is 0 Å². The van der Waals surface area contributed by atoms with E-state index in [-0.39, 0.29) is 11.8 Å². The fourth-order valence-electron chi connectivity index (χ4n) is 2.65. The molecule has 0 radical (unpaired) electrons. The van der Waals surface area contributed by atoms with Gasteiger partial charge in [0.2, 0.25) is 0 Å². The van der Waals surface area contributed by atoms with E-state index in [1.165, 1.54) is 21.6 Å². The first-order valence-corrected chi connectivity index (χ1v) is 8.54. The lowest BCUT2D eigenvalue weighted by Gasteiger charge is -2.58. The van der Waals surface area contributed by atoms with Crippen LogP contribution in [0.4, 0.5) is 0 Å². The average molecular weight is 308 g/mol. The molecule has 6 heteroatoms. The maximum Gasteiger partial charge on any atom is 0.261 e. The van der Waals surface area contributed by atoms with E-state index in [1.807, 2.05) is 37.3 Å². The normalized spacial score (nSPS) is 33.0. The molecule has 0 saturated carbocycles. The molecule has 0 N–H and O–H groups in total. The van der Waals surface area contributed by atoms with Crippen molar-refractivity contribution in [1.29, 1.82) is 0 Å². The highest BCUT2D eigenvalue weighted by atomic mass is 33.1. The van der Waals surface area contributed by atoms with Crippen LogP contribution in [0.1, 0.15) is 12.5 Å². The van der Waals surface area contributed by atoms with Gasteiger partial charge < -0.3 is 9.80 Å². The quantitative estimate of drug-likeness (QED) is 0.783. The molecule has 3 aliphatic heterocycles. The first kappa shape index (κ1) is 13.8. The molecule has 2 atom stereocenters. The van der Waals surface area contributed by atoms with Crippen LogP contribution in [-0.4, -0.2) is 45.5 Å². The summed E-state index contributed by atoms with van der Waals surface area (Å²) in [5.74, 6) is 0.00832. The molecule has 106 valence electrons. The molecule has 0 spiro atoms. The Labute approximate surface area is 126 Å². The molecule has 2 unspecified atom stereocenters. The lowest BCUT2D eigenvalue weighted by molar-refractivity contribution is -0.162. The molecule has 3 aliphatic rings. The molecule has 3 heterocycles. The molecule has 3 fully saturated rings. The van der Waals surface area contributed by atoms with Crippen LogP contribution >= 0.6 is 21.6 Å². The van der Waals surface area contributed by atoms with Crippen LogP contribution in [0.3, 0.4) is 0 Å². The Kier molecular flexibility index (Phi) is 3.06. The number of carbonyl (C=O) groups excluding carboxylic acids is 2. The number of nitrogens with zero attached hydrogens (tertiary/aromatic N) is 2. The number of likely N-dealkylation sites (N-methyl/N-ethyl adjacent to an activating group) is 2. The first-order valence-electron chi connectivity index (χ1n) is 6.39. The molecular formula is C14H16N2O2S2. The highest BCUT2D eigenvalue weighted by molar-refractivity contribution is 8.78. The molecule has 4 nitrogen and oxygen atoms in total. The van der Waals surface area contributed by atoms with Gasteiger partial charge in [-0.25, -0.2) is 0 Å². The summed E-state index contributed by atoms with van der Waals surface area (Å²) in [5, 5.41) is 0. The summed E-state index contributed by atoms with van der Waals surface area (Å²) in [7, 11) is 6.46. The van der Waals surface area contributed by atoms with Gasteiger partial charge in [-0.15, -0.1) is 0 Å². The molecule has 4 rings (SSSR count). The summed E-state index contributed by atoms with van der Waals surface area (Å²) in [6.45, 7) is 1.81. The summed E-state index contributed by atoms with van der Waals surface area (Å²) in [5.41, 5.74) is 1.06. The Morgan fingerprint density at radius 2 is 1.65 bits per heavy atom. The van der Waals surface area contributed by atoms with E-state index in [0.717, 1.165) is 5.56 Å². The Morgan fingerprint density at radius 1 is 1.00 bits per heavy atom. The Morgan fingerprint density at radius 3 is 2.30 bits per heavy atom. The van der Waals surface area contributed by atoms with E-state index in [4.69, 9.17) is 0 Å². The summed E-state index contributed by atoms with van der Waals surface area (Å²) in [4.78, 5) is 26.9. The summed E-state index contributed by atoms with van der Waals surface area (Å²) in [6.07, 6.45) is 0.535. The fraction of sp³-hybridized carbons (Fsp3) is 0.429. The molecule has 2 amide bonds. The predicted octanol–water partition coefficient (Wildman–Crippen LogP) is 1.97. The van der Waals surface area contributed by atoms with Crippen molar-refractivity contribution in [2.45, 2.75) is 23.1 Å². The second-order valence-corrected chi connectivity index (χ2v) is 8.13. The van der Waals surface area contributed by atoms with E-state index in [1.54, 1.807) is 23.9 Å². The van der Waals surface area contributed by atoms with Gasteiger partial charge >= 0.3 is 0 Å². The summed E-state index contributed by atoms with van der Waals surface area (Å²) < 4.78 is 0. The minimum Gasteiger partial charge on any atom is -0.319 e. The maximum atomic E-state index is 12.8. The maximum absolute atomic E-state index is 12.8. The van der Waals surface area contributed by atoms with Crippen LogP contribution < -0.4 is 0 Å². The molecular weight excluding hydrogens is 292 g/mol. The van der Waals surface area contributed by atoms with Gasteiger partial charge in [0.15, 0.2) is 9.74 Å². The van der Waals surface area contributed by atoms with Gasteiger partial charge in [0, 0.05) is 20.5 Å². The van der Waals surface area contributed by atoms with Gasteiger partial charge in [0.25, 0.3) is 11.8 Å². The minimum atomic E-state index is -0.824. The average Bonchev–Trinajstić information content (AvgIpc) is 2.46. The van der Waals surface area contributed by atoms with Crippen molar-refractivity contribution in [1.82, 2.24) is 9.80 Å². The van der Waals surface area contributed by atoms with E-state index in [2.05, 4.69) is 0 Å². The second kappa shape index (κ2) is 4.43. The highest BCUT2D eigenvalue weighted by Gasteiger charge is 2.65. The summed E-state index contributed by atoms with van der Waals surface area (Å²) in [6, 6.07) is 9.85. The molecule has 3 saturated heterocycles. The summed E-state index contributed by atoms with van der Waals surface area (Å²) >= 11 is 0. The highest BCUT2D eigenvalue weighted by Crippen LogP contribution is 2.58. The zero-order chi connectivity index (χ0) is 14.5. The number of amides is 2. The lowest BCUT2D eigenvalue weighted by Crippen LogP contribution is -2.75. The monoisotopic (exact) mass is 308 g/mol. The molecule has 0 aromatic heterocycles. The largest absolute Gasteiger partial charge is 0.319 e. The van der Waals surface area contributed by atoms with E-state index in [0.29, 0.717) is 6.42 Å². The number of fused-ring (bicyclic) bond motifs is 3. The third-order valence-electron chi connectivity index (χ3n) is 4.15. The van der Waals surface area contributed by atoms with Gasteiger partial charge in [-0.3, -0.25) is 9.59 Å². The first-order chi connectivity index (χ1) is 9.42. The molecule has 1 aromatic carbocycles. The second-order valence-electron chi connectivity index (χ2n) is 5.32. The van der Waals surface area contributed by atoms with Crippen LogP contribution in [-0.2, 0) is 16.0 Å². The van der Waals surface area contributed by atoms with Gasteiger partial charge in [0.05, 0.1) is 0 Å². The van der Waals surface area contributed by atoms with E-state index in [9.17, 15) is 9.59 Å². The van der Waals surface area contributed by atoms with Crippen LogP contribution in [0.2, 0.25) is 0 Å². The predicted molar refractivity (Wildman–Crippen MR) is 82.0 cm³/mol. The van der Waals surface area contributed by atoms with Crippen LogP contribution in [0.15, 0.2) is 30.3 Å². The van der Waals surface area contributed by atoms with Gasteiger partial charge in [-0.1, -0.05) is 51.9 Å². The Balaban J connectivity index is 2.03. The number of carbonyl (C=O) groups is 2. The van der Waals surface area contributed by atoms with Crippen molar-refractivity contribution in [2.75, 3.05) is 14.1 Å². The number of rotatable bonds is 2. The number of benzene rings is 1. The fourth-order valence-corrected chi connectivity index (χ4v) is 6.15. The van der Waals surface area contributed by atoms with Crippen LogP contribution in [0.5, 0.6) is 0 Å². The van der Waals surface area contributed by atoms with Crippen LogP contribution in [0.25, 0.3) is 0 Å². The zero-order valence-corrected chi connectivity index (χ0v) is 13.3. The molecule has 2 bridgehead atoms. The third-order valence-corrected chi connectivity index (χ3v) is 7.93. The standard InChI is InChI=1S/C14H16N2O2S2/c1-13-11(17)16(3)14(20-19-13,12(18)15(13)2)9-10-7-5-4-6-8-10/h4-8H,9H2,1-3H3. The topological polar surface area (TPSA) is 40.6 Å². The van der Waals surface area contributed by atoms with Crippen LogP contribution in [0, 0.1) is 0 Å². The van der Waals surface area contributed by atoms with E-state index >= 15 is 0 Å². The van der Waals surface area contributed by atoms with Crippen molar-refractivity contribution in [2.24, 2.45) is 0 Å². The number of hydrogen-bond donors (Lipinski definition) is 0. The lowest BCUT2D eigenvalue weighted by atomic mass is 9.98. The smallest absolute Gasteiger partial charge is 0.261 e. The zero-order valence-electron chi connectivity index (χ0n) is 11.6. The Bertz CT molecular complexity index is 580. The minimum absolute atomic E-state index is 0.000666. The third kappa shape index (κ3) is 1.64. The van der Waals surface area contributed by atoms with E-state index < -0.39 is 9.74 Å². The van der Waals surface area contributed by atoms with Gasteiger partial charge in [-0.2, -0.15) is 0 Å². The Hall–Kier alpha value is -1.14. The van der Waals surface area contributed by atoms with Crippen molar-refractivity contribution < 1.29 is 9.59 Å². The van der Waals surface area contributed by atoms with Gasteiger partial charge in [0.1, 0.15) is 0 Å². The number of piperazine rings is 1. The van der Waals surface area contributed by atoms with Crippen molar-refractivity contribution >= 4 is 33.4 Å². The van der Waals surface area contributed by atoms with Crippen molar-refractivity contribution in [3.63, 3.8) is 0 Å². The van der Waals surface area contributed by atoms with Gasteiger partial charge in [-0.05, 0) is 12.5 Å². The SMILES string of the molecule is CN1C(=O)C2(Cc3ccccc3)SSC1(C)C(=O)N2C. The molecule has 1 aromatic rings. The van der Waals surface area contributed by atoms with Crippen molar-refractivity contribution in [3.05, 3.63) is 35.9 Å². The molecule has 0 aliphatic carbocycles. The molecule has 20 heavy (non-hydrogen) atoms.